The molecule has 2 heterocycles. The molecule has 0 aromatic rings. The summed E-state index contributed by atoms with van der Waals surface area (Å²) in [6, 6.07) is 0. The number of rotatable bonds is 0. The van der Waals surface area contributed by atoms with Crippen molar-refractivity contribution in [3.63, 3.8) is 0 Å². The summed E-state index contributed by atoms with van der Waals surface area (Å²) in [6.07, 6.45) is 11.0. The molecule has 2 aliphatic heterocycles. The fraction of sp³-hybridized carbons (Fsp3) is 0.455. The van der Waals surface area contributed by atoms with E-state index in [1.54, 1.807) is 9.81 Å². The molecule has 0 bridgehead atoms. The first kappa shape index (κ1) is 8.25. The molecular weight excluding hydrogens is 196 g/mol. The van der Waals surface area contributed by atoms with E-state index < -0.39 is 0 Å². The zero-order chi connectivity index (χ0) is 9.05. The standard InChI is InChI=1S/C11H13S2/c1-8-7-11-5-6-13(2)10(11)4-3-9(11)12-8/h3-4,7H,5-6H2,1-2H3/q+1. The molecule has 1 aliphatic carbocycles. The van der Waals surface area contributed by atoms with Crippen LogP contribution in [-0.4, -0.2) is 12.0 Å². The van der Waals surface area contributed by atoms with Crippen molar-refractivity contribution in [1.82, 2.24) is 0 Å². The Morgan fingerprint density at radius 1 is 1.46 bits per heavy atom. The van der Waals surface area contributed by atoms with Gasteiger partial charge in [0.2, 0.25) is 0 Å². The maximum absolute atomic E-state index is 2.50. The monoisotopic (exact) mass is 209 g/mol. The van der Waals surface area contributed by atoms with Crippen LogP contribution in [0, 0.1) is 5.41 Å². The topological polar surface area (TPSA) is 0 Å². The summed E-state index contributed by atoms with van der Waals surface area (Å²) in [5, 5.41) is 0. The first-order chi connectivity index (χ1) is 6.22. The van der Waals surface area contributed by atoms with E-state index in [4.69, 9.17) is 0 Å². The van der Waals surface area contributed by atoms with Gasteiger partial charge in [-0.1, -0.05) is 17.8 Å². The lowest BCUT2D eigenvalue weighted by Crippen LogP contribution is -2.12. The maximum atomic E-state index is 2.50. The first-order valence-electron chi connectivity index (χ1n) is 4.65. The second-order valence-corrected chi connectivity index (χ2v) is 7.39. The molecule has 1 spiro atoms. The first-order valence-corrected chi connectivity index (χ1v) is 7.27. The van der Waals surface area contributed by atoms with Gasteiger partial charge in [0, 0.05) is 22.2 Å². The minimum Gasteiger partial charge on any atom is -0.0981 e. The van der Waals surface area contributed by atoms with Crippen LogP contribution in [-0.2, 0) is 10.9 Å². The van der Waals surface area contributed by atoms with Crippen molar-refractivity contribution in [3.8, 4) is 0 Å². The molecule has 0 saturated carbocycles. The molecular formula is C11H13S2+. The van der Waals surface area contributed by atoms with Gasteiger partial charge in [0.05, 0.1) is 5.41 Å². The van der Waals surface area contributed by atoms with Crippen LogP contribution in [0.4, 0.5) is 0 Å². The molecule has 2 atom stereocenters. The summed E-state index contributed by atoms with van der Waals surface area (Å²) >= 11 is 1.98. The van der Waals surface area contributed by atoms with E-state index in [0.717, 1.165) is 0 Å². The van der Waals surface area contributed by atoms with Crippen molar-refractivity contribution >= 4 is 22.7 Å². The van der Waals surface area contributed by atoms with Gasteiger partial charge in [-0.15, -0.1) is 0 Å². The van der Waals surface area contributed by atoms with E-state index in [1.165, 1.54) is 17.1 Å². The third-order valence-corrected chi connectivity index (χ3v) is 6.39. The molecule has 0 nitrogen and oxygen atoms in total. The summed E-state index contributed by atoms with van der Waals surface area (Å²) in [7, 11) is 0.538. The SMILES string of the molecule is CC1=CC23CC[S+](C)C2=CC=C3S1. The Kier molecular flexibility index (Phi) is 1.58. The van der Waals surface area contributed by atoms with Gasteiger partial charge in [-0.3, -0.25) is 0 Å². The lowest BCUT2D eigenvalue weighted by atomic mass is 9.87. The fourth-order valence-electron chi connectivity index (χ4n) is 2.56. The van der Waals surface area contributed by atoms with Crippen molar-refractivity contribution < 1.29 is 0 Å². The highest BCUT2D eigenvalue weighted by molar-refractivity contribution is 8.07. The van der Waals surface area contributed by atoms with Crippen molar-refractivity contribution in [2.75, 3.05) is 12.0 Å². The Morgan fingerprint density at radius 2 is 2.31 bits per heavy atom. The van der Waals surface area contributed by atoms with E-state index in [9.17, 15) is 0 Å². The molecule has 0 amide bonds. The number of allylic oxidation sites excluding steroid dienone is 6. The predicted molar refractivity (Wildman–Crippen MR) is 62.7 cm³/mol. The summed E-state index contributed by atoms with van der Waals surface area (Å²) in [6.45, 7) is 2.24. The maximum Gasteiger partial charge on any atom is 0.146 e. The van der Waals surface area contributed by atoms with Gasteiger partial charge in [0.1, 0.15) is 16.9 Å². The molecule has 3 aliphatic rings. The molecule has 0 radical (unpaired) electrons. The van der Waals surface area contributed by atoms with Gasteiger partial charge in [-0.25, -0.2) is 0 Å². The molecule has 2 heteroatoms. The van der Waals surface area contributed by atoms with Crippen molar-refractivity contribution in [2.24, 2.45) is 5.41 Å². The number of hydrogen-bond donors (Lipinski definition) is 0. The van der Waals surface area contributed by atoms with Crippen molar-refractivity contribution in [1.29, 1.82) is 0 Å². The third kappa shape index (κ3) is 0.909. The third-order valence-electron chi connectivity index (χ3n) is 3.16. The Hall–Kier alpha value is -0.0800. The van der Waals surface area contributed by atoms with Gasteiger partial charge in [0.25, 0.3) is 0 Å². The van der Waals surface area contributed by atoms with Gasteiger partial charge in [0.15, 0.2) is 0 Å². The molecule has 0 aromatic heterocycles. The average molecular weight is 209 g/mol. The van der Waals surface area contributed by atoms with Crippen LogP contribution < -0.4 is 0 Å². The van der Waals surface area contributed by atoms with Crippen LogP contribution in [0.3, 0.4) is 0 Å². The molecule has 1 fully saturated rings. The fourth-order valence-corrected chi connectivity index (χ4v) is 5.86. The van der Waals surface area contributed by atoms with Gasteiger partial charge < -0.3 is 0 Å². The number of hydrogen-bond acceptors (Lipinski definition) is 1. The molecule has 2 unspecified atom stereocenters. The van der Waals surface area contributed by atoms with Crippen LogP contribution in [0.15, 0.2) is 32.9 Å². The summed E-state index contributed by atoms with van der Waals surface area (Å²) in [5.41, 5.74) is 0.395. The second kappa shape index (κ2) is 2.48. The molecule has 68 valence electrons. The average Bonchev–Trinajstić information content (AvgIpc) is 2.62. The Labute approximate surface area is 86.5 Å². The highest BCUT2D eigenvalue weighted by atomic mass is 32.2. The van der Waals surface area contributed by atoms with E-state index in [1.807, 2.05) is 11.8 Å². The zero-order valence-electron chi connectivity index (χ0n) is 7.96. The molecule has 1 saturated heterocycles. The van der Waals surface area contributed by atoms with Crippen LogP contribution >= 0.6 is 11.8 Å². The smallest absolute Gasteiger partial charge is 0.0981 e. The highest BCUT2D eigenvalue weighted by Crippen LogP contribution is 2.61. The molecule has 13 heavy (non-hydrogen) atoms. The van der Waals surface area contributed by atoms with E-state index in [2.05, 4.69) is 31.4 Å². The minimum atomic E-state index is 0.395. The van der Waals surface area contributed by atoms with E-state index in [0.29, 0.717) is 16.3 Å². The zero-order valence-corrected chi connectivity index (χ0v) is 9.60. The molecule has 0 N–H and O–H groups in total. The predicted octanol–water partition coefficient (Wildman–Crippen LogP) is 3.06. The van der Waals surface area contributed by atoms with Crippen LogP contribution in [0.1, 0.15) is 13.3 Å². The minimum absolute atomic E-state index is 0.395. The molecule has 0 aromatic carbocycles. The van der Waals surface area contributed by atoms with E-state index >= 15 is 0 Å². The summed E-state index contributed by atoms with van der Waals surface area (Å²) < 4.78 is 0. The van der Waals surface area contributed by atoms with Crippen molar-refractivity contribution in [2.45, 2.75) is 13.3 Å². The summed E-state index contributed by atoms with van der Waals surface area (Å²) in [4.78, 5) is 4.79. The van der Waals surface area contributed by atoms with Crippen LogP contribution in [0.25, 0.3) is 0 Å². The normalized spacial score (nSPS) is 41.1. The van der Waals surface area contributed by atoms with Gasteiger partial charge in [-0.05, 0) is 24.0 Å². The van der Waals surface area contributed by atoms with Crippen LogP contribution in [0.5, 0.6) is 0 Å². The quantitative estimate of drug-likeness (QED) is 0.553. The summed E-state index contributed by atoms with van der Waals surface area (Å²) in [5.74, 6) is 1.40. The van der Waals surface area contributed by atoms with Crippen LogP contribution in [0.2, 0.25) is 0 Å². The highest BCUT2D eigenvalue weighted by Gasteiger charge is 2.55. The van der Waals surface area contributed by atoms with Crippen molar-refractivity contribution in [3.05, 3.63) is 32.9 Å². The Balaban J connectivity index is 2.14. The lowest BCUT2D eigenvalue weighted by Gasteiger charge is -2.15. The molecule has 3 rings (SSSR count). The van der Waals surface area contributed by atoms with Gasteiger partial charge in [-0.2, -0.15) is 0 Å². The lowest BCUT2D eigenvalue weighted by molar-refractivity contribution is 0.621. The largest absolute Gasteiger partial charge is 0.146 e. The second-order valence-electron chi connectivity index (χ2n) is 3.98. The number of thioether (sulfide) groups is 1. The van der Waals surface area contributed by atoms with E-state index in [-0.39, 0.29) is 0 Å². The Bertz CT molecular complexity index is 362. The Morgan fingerprint density at radius 3 is 3.15 bits per heavy atom. The van der Waals surface area contributed by atoms with Gasteiger partial charge >= 0.3 is 0 Å².